The molecular formula is C7H5IN4. The Kier molecular flexibility index (Phi) is 2.03. The van der Waals surface area contributed by atoms with Crippen LogP contribution in [0.1, 0.15) is 0 Å². The van der Waals surface area contributed by atoms with Crippen LogP contribution in [0, 0.1) is 3.57 Å². The van der Waals surface area contributed by atoms with Crippen molar-refractivity contribution in [3.8, 4) is 5.69 Å². The molecule has 12 heavy (non-hydrogen) atoms. The molecule has 0 atom stereocenters. The highest BCUT2D eigenvalue weighted by Crippen LogP contribution is 2.08. The minimum absolute atomic E-state index is 0.973. The number of tetrazole rings is 1. The van der Waals surface area contributed by atoms with E-state index < -0.39 is 0 Å². The third-order valence-electron chi connectivity index (χ3n) is 1.44. The minimum atomic E-state index is 0.973. The average molecular weight is 272 g/mol. The molecule has 60 valence electrons. The highest BCUT2D eigenvalue weighted by molar-refractivity contribution is 14.1. The van der Waals surface area contributed by atoms with E-state index in [0.717, 1.165) is 5.69 Å². The molecule has 0 saturated carbocycles. The van der Waals surface area contributed by atoms with Gasteiger partial charge in [-0.3, -0.25) is 0 Å². The Balaban J connectivity index is 2.43. The van der Waals surface area contributed by atoms with Gasteiger partial charge in [0, 0.05) is 3.57 Å². The first-order valence-electron chi connectivity index (χ1n) is 3.35. The van der Waals surface area contributed by atoms with Crippen molar-refractivity contribution in [3.63, 3.8) is 0 Å². The molecule has 0 aliphatic rings. The Bertz CT molecular complexity index is 353. The summed E-state index contributed by atoms with van der Waals surface area (Å²) in [5, 5.41) is 10.9. The van der Waals surface area contributed by atoms with Crippen LogP contribution in [0.15, 0.2) is 30.6 Å². The maximum absolute atomic E-state index is 3.77. The van der Waals surface area contributed by atoms with E-state index in [1.54, 1.807) is 11.0 Å². The Morgan fingerprint density at radius 2 is 1.92 bits per heavy atom. The SMILES string of the molecule is Ic1ccc(-n2cnnn2)cc1. The maximum Gasteiger partial charge on any atom is 0.143 e. The number of hydrogen-bond acceptors (Lipinski definition) is 3. The van der Waals surface area contributed by atoms with Crippen LogP contribution < -0.4 is 0 Å². The summed E-state index contributed by atoms with van der Waals surface area (Å²) in [6.07, 6.45) is 1.57. The number of hydrogen-bond donors (Lipinski definition) is 0. The summed E-state index contributed by atoms with van der Waals surface area (Å²) in [6, 6.07) is 7.96. The molecule has 0 radical (unpaired) electrons. The fourth-order valence-corrected chi connectivity index (χ4v) is 1.23. The second-order valence-electron chi connectivity index (χ2n) is 2.23. The molecule has 0 aliphatic heterocycles. The van der Waals surface area contributed by atoms with E-state index in [1.807, 2.05) is 24.3 Å². The average Bonchev–Trinajstić information content (AvgIpc) is 2.58. The fourth-order valence-electron chi connectivity index (χ4n) is 0.873. The number of rotatable bonds is 1. The molecule has 0 spiro atoms. The Hall–Kier alpha value is -0.980. The molecule has 2 aromatic rings. The molecule has 2 rings (SSSR count). The topological polar surface area (TPSA) is 43.6 Å². The van der Waals surface area contributed by atoms with Crippen molar-refractivity contribution in [3.05, 3.63) is 34.2 Å². The van der Waals surface area contributed by atoms with Crippen molar-refractivity contribution in [2.24, 2.45) is 0 Å². The van der Waals surface area contributed by atoms with Gasteiger partial charge < -0.3 is 0 Å². The van der Waals surface area contributed by atoms with Crippen molar-refractivity contribution < 1.29 is 0 Å². The van der Waals surface area contributed by atoms with Gasteiger partial charge in [-0.25, -0.2) is 4.68 Å². The monoisotopic (exact) mass is 272 g/mol. The normalized spacial score (nSPS) is 10.1. The molecule has 0 fully saturated rings. The van der Waals surface area contributed by atoms with Gasteiger partial charge in [-0.2, -0.15) is 0 Å². The highest BCUT2D eigenvalue weighted by Gasteiger charge is 1.95. The van der Waals surface area contributed by atoms with Crippen LogP contribution in [0.2, 0.25) is 0 Å². The molecule has 5 heteroatoms. The van der Waals surface area contributed by atoms with Crippen LogP contribution in [-0.2, 0) is 0 Å². The van der Waals surface area contributed by atoms with Crippen molar-refractivity contribution >= 4 is 22.6 Å². The molecule has 1 heterocycles. The zero-order valence-corrected chi connectivity index (χ0v) is 8.21. The van der Waals surface area contributed by atoms with Crippen LogP contribution in [0.4, 0.5) is 0 Å². The van der Waals surface area contributed by atoms with Crippen LogP contribution in [-0.4, -0.2) is 20.2 Å². The molecule has 1 aromatic carbocycles. The molecular weight excluding hydrogens is 267 g/mol. The minimum Gasteiger partial charge on any atom is -0.201 e. The molecule has 0 amide bonds. The fraction of sp³-hybridized carbons (Fsp3) is 0. The number of nitrogens with zero attached hydrogens (tertiary/aromatic N) is 4. The summed E-state index contributed by atoms with van der Waals surface area (Å²) >= 11 is 2.25. The van der Waals surface area contributed by atoms with Crippen molar-refractivity contribution in [1.29, 1.82) is 0 Å². The summed E-state index contributed by atoms with van der Waals surface area (Å²) < 4.78 is 2.82. The highest BCUT2D eigenvalue weighted by atomic mass is 127. The van der Waals surface area contributed by atoms with Gasteiger partial charge in [-0.05, 0) is 57.3 Å². The van der Waals surface area contributed by atoms with Gasteiger partial charge >= 0.3 is 0 Å². The summed E-state index contributed by atoms with van der Waals surface area (Å²) in [4.78, 5) is 0. The third kappa shape index (κ3) is 1.45. The largest absolute Gasteiger partial charge is 0.201 e. The first-order chi connectivity index (χ1) is 5.86. The molecule has 4 nitrogen and oxygen atoms in total. The van der Waals surface area contributed by atoms with Crippen LogP contribution >= 0.6 is 22.6 Å². The van der Waals surface area contributed by atoms with E-state index in [1.165, 1.54) is 3.57 Å². The van der Waals surface area contributed by atoms with Gasteiger partial charge in [0.2, 0.25) is 0 Å². The zero-order chi connectivity index (χ0) is 8.39. The van der Waals surface area contributed by atoms with Gasteiger partial charge in [0.15, 0.2) is 0 Å². The van der Waals surface area contributed by atoms with E-state index in [-0.39, 0.29) is 0 Å². The lowest BCUT2D eigenvalue weighted by Gasteiger charge is -1.97. The predicted molar refractivity (Wildman–Crippen MR) is 51.9 cm³/mol. The lowest BCUT2D eigenvalue weighted by molar-refractivity contribution is 0.789. The van der Waals surface area contributed by atoms with Gasteiger partial charge in [0.25, 0.3) is 0 Å². The zero-order valence-electron chi connectivity index (χ0n) is 6.05. The second-order valence-corrected chi connectivity index (χ2v) is 3.48. The van der Waals surface area contributed by atoms with Gasteiger partial charge in [0.1, 0.15) is 6.33 Å². The Labute approximate surface area is 82.7 Å². The van der Waals surface area contributed by atoms with Crippen LogP contribution in [0.25, 0.3) is 5.69 Å². The molecule has 0 saturated heterocycles. The van der Waals surface area contributed by atoms with Gasteiger partial charge in [0.05, 0.1) is 5.69 Å². The standard InChI is InChI=1S/C7H5IN4/c8-6-1-3-7(4-2-6)12-5-9-10-11-12/h1-5H. The summed E-state index contributed by atoms with van der Waals surface area (Å²) in [6.45, 7) is 0. The second kappa shape index (κ2) is 3.18. The quantitative estimate of drug-likeness (QED) is 0.734. The first-order valence-corrected chi connectivity index (χ1v) is 4.43. The smallest absolute Gasteiger partial charge is 0.143 e. The molecule has 0 bridgehead atoms. The summed E-state index contributed by atoms with van der Waals surface area (Å²) in [5.74, 6) is 0. The molecule has 0 unspecified atom stereocenters. The first kappa shape index (κ1) is 7.66. The Morgan fingerprint density at radius 3 is 2.50 bits per heavy atom. The molecule has 0 aliphatic carbocycles. The number of benzene rings is 1. The van der Waals surface area contributed by atoms with Crippen molar-refractivity contribution in [2.75, 3.05) is 0 Å². The number of aromatic nitrogens is 4. The summed E-state index contributed by atoms with van der Waals surface area (Å²) in [7, 11) is 0. The Morgan fingerprint density at radius 1 is 1.17 bits per heavy atom. The third-order valence-corrected chi connectivity index (χ3v) is 2.16. The maximum atomic E-state index is 3.77. The van der Waals surface area contributed by atoms with Crippen molar-refractivity contribution in [2.45, 2.75) is 0 Å². The van der Waals surface area contributed by atoms with E-state index in [4.69, 9.17) is 0 Å². The molecule has 1 aromatic heterocycles. The number of halogens is 1. The predicted octanol–water partition coefficient (Wildman–Crippen LogP) is 1.27. The van der Waals surface area contributed by atoms with Crippen molar-refractivity contribution in [1.82, 2.24) is 20.2 Å². The van der Waals surface area contributed by atoms with E-state index in [2.05, 4.69) is 38.1 Å². The van der Waals surface area contributed by atoms with Crippen LogP contribution in [0.5, 0.6) is 0 Å². The van der Waals surface area contributed by atoms with Gasteiger partial charge in [-0.1, -0.05) is 0 Å². The van der Waals surface area contributed by atoms with Crippen LogP contribution in [0.3, 0.4) is 0 Å². The lowest BCUT2D eigenvalue weighted by Crippen LogP contribution is -1.94. The van der Waals surface area contributed by atoms with E-state index in [9.17, 15) is 0 Å². The summed E-state index contributed by atoms with van der Waals surface area (Å²) in [5.41, 5.74) is 0.973. The lowest BCUT2D eigenvalue weighted by atomic mass is 10.3. The molecule has 0 N–H and O–H groups in total. The van der Waals surface area contributed by atoms with E-state index in [0.29, 0.717) is 0 Å². The van der Waals surface area contributed by atoms with Gasteiger partial charge in [-0.15, -0.1) is 5.10 Å². The van der Waals surface area contributed by atoms with E-state index >= 15 is 0 Å².